The lowest BCUT2D eigenvalue weighted by Gasteiger charge is -2.07. The molecule has 0 radical (unpaired) electrons. The Morgan fingerprint density at radius 3 is 2.77 bits per heavy atom. The van der Waals surface area contributed by atoms with Crippen LogP contribution in [0.25, 0.3) is 0 Å². The van der Waals surface area contributed by atoms with Gasteiger partial charge in [-0.25, -0.2) is 4.39 Å². The molecular formula is C9H7F2NO. The van der Waals surface area contributed by atoms with Gasteiger partial charge in [-0.2, -0.15) is 9.65 Å². The van der Waals surface area contributed by atoms with Crippen LogP contribution < -0.4 is 4.74 Å². The topological polar surface area (TPSA) is 33.0 Å². The summed E-state index contributed by atoms with van der Waals surface area (Å²) < 4.78 is 30.3. The van der Waals surface area contributed by atoms with Crippen molar-refractivity contribution in [1.29, 1.82) is 5.26 Å². The highest BCUT2D eigenvalue weighted by Gasteiger charge is 2.10. The van der Waals surface area contributed by atoms with E-state index in [9.17, 15) is 8.78 Å². The lowest BCUT2D eigenvalue weighted by Crippen LogP contribution is -2.09. The van der Waals surface area contributed by atoms with Gasteiger partial charge in [0.2, 0.25) is 5.82 Å². The monoisotopic (exact) mass is 183 g/mol. The standard InChI is InChI=1S/C9H7F2NO/c1-6(5-12)13-8-4-2-3-7(10)9(8)11/h2-4,6H,1H3. The lowest BCUT2D eigenvalue weighted by atomic mass is 10.3. The molecule has 0 aliphatic carbocycles. The SMILES string of the molecule is CC(C#N)Oc1cccc(F)c1F. The molecule has 0 aliphatic rings. The zero-order valence-corrected chi connectivity index (χ0v) is 6.92. The Balaban J connectivity index is 2.90. The number of ether oxygens (including phenoxy) is 1. The van der Waals surface area contributed by atoms with E-state index in [0.29, 0.717) is 0 Å². The molecule has 2 nitrogen and oxygen atoms in total. The molecule has 0 saturated heterocycles. The lowest BCUT2D eigenvalue weighted by molar-refractivity contribution is 0.258. The maximum atomic E-state index is 12.9. The number of benzene rings is 1. The Hall–Kier alpha value is -1.63. The van der Waals surface area contributed by atoms with Crippen LogP contribution in [0.2, 0.25) is 0 Å². The summed E-state index contributed by atoms with van der Waals surface area (Å²) in [6.45, 7) is 1.45. The van der Waals surface area contributed by atoms with Crippen LogP contribution in [0.4, 0.5) is 8.78 Å². The molecule has 1 aromatic carbocycles. The molecule has 0 aliphatic heterocycles. The minimum atomic E-state index is -1.07. The molecule has 4 heteroatoms. The highest BCUT2D eigenvalue weighted by Crippen LogP contribution is 2.19. The summed E-state index contributed by atoms with van der Waals surface area (Å²) in [4.78, 5) is 0. The fourth-order valence-electron chi connectivity index (χ4n) is 0.792. The van der Waals surface area contributed by atoms with E-state index in [-0.39, 0.29) is 5.75 Å². The van der Waals surface area contributed by atoms with E-state index in [1.807, 2.05) is 0 Å². The van der Waals surface area contributed by atoms with Crippen LogP contribution in [0.3, 0.4) is 0 Å². The predicted molar refractivity (Wildman–Crippen MR) is 42.1 cm³/mol. The van der Waals surface area contributed by atoms with Gasteiger partial charge >= 0.3 is 0 Å². The van der Waals surface area contributed by atoms with Crippen LogP contribution in [-0.4, -0.2) is 6.10 Å². The van der Waals surface area contributed by atoms with E-state index in [1.54, 1.807) is 6.07 Å². The van der Waals surface area contributed by atoms with E-state index in [4.69, 9.17) is 10.00 Å². The van der Waals surface area contributed by atoms with Crippen molar-refractivity contribution in [2.24, 2.45) is 0 Å². The van der Waals surface area contributed by atoms with E-state index >= 15 is 0 Å². The number of nitriles is 1. The second-order valence-corrected chi connectivity index (χ2v) is 2.44. The van der Waals surface area contributed by atoms with Crippen LogP contribution in [0, 0.1) is 23.0 Å². The zero-order valence-electron chi connectivity index (χ0n) is 6.92. The summed E-state index contributed by atoms with van der Waals surface area (Å²) in [5.74, 6) is -2.29. The van der Waals surface area contributed by atoms with Gasteiger partial charge in [-0.15, -0.1) is 0 Å². The number of rotatable bonds is 2. The van der Waals surface area contributed by atoms with Crippen molar-refractivity contribution in [2.75, 3.05) is 0 Å². The Morgan fingerprint density at radius 1 is 1.46 bits per heavy atom. The first-order valence-electron chi connectivity index (χ1n) is 3.65. The van der Waals surface area contributed by atoms with Crippen LogP contribution >= 0.6 is 0 Å². The maximum Gasteiger partial charge on any atom is 0.200 e. The largest absolute Gasteiger partial charge is 0.473 e. The highest BCUT2D eigenvalue weighted by molar-refractivity contribution is 5.25. The highest BCUT2D eigenvalue weighted by atomic mass is 19.2. The van der Waals surface area contributed by atoms with Crippen molar-refractivity contribution in [1.82, 2.24) is 0 Å². The Kier molecular flexibility index (Phi) is 2.80. The first kappa shape index (κ1) is 9.46. The van der Waals surface area contributed by atoms with Gasteiger partial charge in [0.25, 0.3) is 0 Å². The van der Waals surface area contributed by atoms with E-state index < -0.39 is 17.7 Å². The molecule has 1 unspecified atom stereocenters. The average molecular weight is 183 g/mol. The predicted octanol–water partition coefficient (Wildman–Crippen LogP) is 2.26. The summed E-state index contributed by atoms with van der Waals surface area (Å²) in [5.41, 5.74) is 0. The molecule has 0 aromatic heterocycles. The maximum absolute atomic E-state index is 12.9. The van der Waals surface area contributed by atoms with Gasteiger partial charge in [-0.3, -0.25) is 0 Å². The quantitative estimate of drug-likeness (QED) is 0.704. The van der Waals surface area contributed by atoms with Gasteiger partial charge in [-0.1, -0.05) is 6.07 Å². The number of hydrogen-bond donors (Lipinski definition) is 0. The van der Waals surface area contributed by atoms with Crippen LogP contribution in [-0.2, 0) is 0 Å². The second-order valence-electron chi connectivity index (χ2n) is 2.44. The summed E-state index contributed by atoms with van der Waals surface area (Å²) in [6.07, 6.45) is -0.795. The summed E-state index contributed by atoms with van der Waals surface area (Å²) in [5, 5.41) is 8.37. The van der Waals surface area contributed by atoms with E-state index in [0.717, 1.165) is 6.07 Å². The van der Waals surface area contributed by atoms with E-state index in [1.165, 1.54) is 19.1 Å². The molecule has 0 spiro atoms. The summed E-state index contributed by atoms with van der Waals surface area (Å²) >= 11 is 0. The average Bonchev–Trinajstić information content (AvgIpc) is 2.13. The molecule has 1 atom stereocenters. The Bertz CT molecular complexity index is 346. The number of halogens is 2. The van der Waals surface area contributed by atoms with E-state index in [2.05, 4.69) is 0 Å². The van der Waals surface area contributed by atoms with Crippen molar-refractivity contribution in [2.45, 2.75) is 13.0 Å². The van der Waals surface area contributed by atoms with Gasteiger partial charge in [0.05, 0.1) is 0 Å². The third kappa shape index (κ3) is 2.15. The van der Waals surface area contributed by atoms with Crippen molar-refractivity contribution < 1.29 is 13.5 Å². The van der Waals surface area contributed by atoms with Gasteiger partial charge in [0.1, 0.15) is 6.07 Å². The normalized spacial score (nSPS) is 11.8. The summed E-state index contributed by atoms with van der Waals surface area (Å²) in [6, 6.07) is 5.32. The molecular weight excluding hydrogens is 176 g/mol. The fraction of sp³-hybridized carbons (Fsp3) is 0.222. The smallest absolute Gasteiger partial charge is 0.200 e. The molecule has 13 heavy (non-hydrogen) atoms. The van der Waals surface area contributed by atoms with Gasteiger partial charge in [0.15, 0.2) is 17.7 Å². The molecule has 68 valence electrons. The van der Waals surface area contributed by atoms with Crippen molar-refractivity contribution in [3.63, 3.8) is 0 Å². The van der Waals surface area contributed by atoms with Gasteiger partial charge in [0, 0.05) is 0 Å². The Morgan fingerprint density at radius 2 is 2.15 bits per heavy atom. The zero-order chi connectivity index (χ0) is 9.84. The van der Waals surface area contributed by atoms with Gasteiger partial charge in [-0.05, 0) is 19.1 Å². The first-order valence-corrected chi connectivity index (χ1v) is 3.65. The third-order valence-electron chi connectivity index (χ3n) is 1.40. The second kappa shape index (κ2) is 3.85. The van der Waals surface area contributed by atoms with Crippen LogP contribution in [0.5, 0.6) is 5.75 Å². The van der Waals surface area contributed by atoms with Crippen LogP contribution in [0.15, 0.2) is 18.2 Å². The molecule has 0 N–H and O–H groups in total. The molecule has 1 aromatic rings. The molecule has 0 heterocycles. The molecule has 0 amide bonds. The molecule has 0 saturated carbocycles. The third-order valence-corrected chi connectivity index (χ3v) is 1.40. The molecule has 0 fully saturated rings. The minimum Gasteiger partial charge on any atom is -0.473 e. The summed E-state index contributed by atoms with van der Waals surface area (Å²) in [7, 11) is 0. The fourth-order valence-corrected chi connectivity index (χ4v) is 0.792. The first-order chi connectivity index (χ1) is 6.15. The number of hydrogen-bond acceptors (Lipinski definition) is 2. The molecule has 1 rings (SSSR count). The van der Waals surface area contributed by atoms with Crippen molar-refractivity contribution in [3.05, 3.63) is 29.8 Å². The molecule has 0 bridgehead atoms. The van der Waals surface area contributed by atoms with Crippen molar-refractivity contribution >= 4 is 0 Å². The minimum absolute atomic E-state index is 0.242. The van der Waals surface area contributed by atoms with Gasteiger partial charge < -0.3 is 4.74 Å². The van der Waals surface area contributed by atoms with Crippen molar-refractivity contribution in [3.8, 4) is 11.8 Å². The van der Waals surface area contributed by atoms with Crippen LogP contribution in [0.1, 0.15) is 6.92 Å². The number of nitrogens with zero attached hydrogens (tertiary/aromatic N) is 1. The Labute approximate surface area is 74.4 Å².